The molecule has 1 aliphatic rings. The van der Waals surface area contributed by atoms with Gasteiger partial charge in [0.25, 0.3) is 0 Å². The molecule has 1 atom stereocenters. The molecular weight excluding hydrogens is 238 g/mol. The van der Waals surface area contributed by atoms with E-state index in [1.807, 2.05) is 30.3 Å². The lowest BCUT2D eigenvalue weighted by Crippen LogP contribution is -2.12. The van der Waals surface area contributed by atoms with Crippen molar-refractivity contribution in [1.29, 1.82) is 5.26 Å². The van der Waals surface area contributed by atoms with Gasteiger partial charge in [-0.1, -0.05) is 18.2 Å². The third kappa shape index (κ3) is 2.06. The second-order valence-corrected chi connectivity index (χ2v) is 4.46. The van der Waals surface area contributed by atoms with E-state index < -0.39 is 0 Å². The van der Waals surface area contributed by atoms with Crippen molar-refractivity contribution in [1.82, 2.24) is 0 Å². The van der Waals surface area contributed by atoms with Gasteiger partial charge < -0.3 is 15.8 Å². The molecule has 1 heterocycles. The fourth-order valence-corrected chi connectivity index (χ4v) is 2.24. The first-order valence-corrected chi connectivity index (χ1v) is 6.06. The molecule has 0 radical (unpaired) electrons. The summed E-state index contributed by atoms with van der Waals surface area (Å²) in [5, 5.41) is 12.2. The summed E-state index contributed by atoms with van der Waals surface area (Å²) in [4.78, 5) is 0. The van der Waals surface area contributed by atoms with Gasteiger partial charge in [-0.25, -0.2) is 0 Å². The van der Waals surface area contributed by atoms with E-state index in [4.69, 9.17) is 15.7 Å². The maximum absolute atomic E-state index is 8.85. The van der Waals surface area contributed by atoms with Gasteiger partial charge in [-0.3, -0.25) is 0 Å². The zero-order valence-corrected chi connectivity index (χ0v) is 10.3. The van der Waals surface area contributed by atoms with Gasteiger partial charge in [0.15, 0.2) is 0 Å². The molecule has 0 bridgehead atoms. The number of benzene rings is 2. The molecule has 3 rings (SSSR count). The monoisotopic (exact) mass is 251 g/mol. The van der Waals surface area contributed by atoms with Gasteiger partial charge in [0, 0.05) is 11.3 Å². The molecule has 1 unspecified atom stereocenters. The highest BCUT2D eigenvalue weighted by Crippen LogP contribution is 2.34. The molecule has 0 aliphatic carbocycles. The molecular formula is C15H13N3O. The Balaban J connectivity index is 1.84. The van der Waals surface area contributed by atoms with Crippen LogP contribution in [0.2, 0.25) is 0 Å². The van der Waals surface area contributed by atoms with Gasteiger partial charge >= 0.3 is 0 Å². The zero-order valence-electron chi connectivity index (χ0n) is 10.3. The van der Waals surface area contributed by atoms with E-state index in [-0.39, 0.29) is 6.04 Å². The van der Waals surface area contributed by atoms with Crippen LogP contribution >= 0.6 is 0 Å². The first kappa shape index (κ1) is 11.4. The highest BCUT2D eigenvalue weighted by molar-refractivity contribution is 5.63. The number of nitrogens with zero attached hydrogens (tertiary/aromatic N) is 1. The Morgan fingerprint density at radius 3 is 2.89 bits per heavy atom. The molecule has 0 fully saturated rings. The highest BCUT2D eigenvalue weighted by atomic mass is 16.5. The van der Waals surface area contributed by atoms with Gasteiger partial charge in [-0.15, -0.1) is 0 Å². The number of anilines is 2. The van der Waals surface area contributed by atoms with E-state index in [1.165, 1.54) is 0 Å². The summed E-state index contributed by atoms with van der Waals surface area (Å²) in [6.07, 6.45) is 0. The number of fused-ring (bicyclic) bond motifs is 1. The molecule has 0 saturated heterocycles. The molecule has 0 spiro atoms. The molecule has 0 amide bonds. The molecule has 1 aliphatic heterocycles. The first-order valence-electron chi connectivity index (χ1n) is 6.06. The van der Waals surface area contributed by atoms with Crippen molar-refractivity contribution in [2.45, 2.75) is 6.04 Å². The van der Waals surface area contributed by atoms with E-state index in [2.05, 4.69) is 11.4 Å². The van der Waals surface area contributed by atoms with Crippen molar-refractivity contribution < 1.29 is 4.74 Å². The standard InChI is InChI=1S/C15H13N3O/c16-8-10-5-6-11(7-13(10)17)18-14-9-19-15-4-2-1-3-12(14)15/h1-7,14,18H,9,17H2. The van der Waals surface area contributed by atoms with Crippen LogP contribution in [0.1, 0.15) is 17.2 Å². The van der Waals surface area contributed by atoms with E-state index in [9.17, 15) is 0 Å². The molecule has 3 N–H and O–H groups in total. The topological polar surface area (TPSA) is 71.1 Å². The molecule has 94 valence electrons. The van der Waals surface area contributed by atoms with Crippen molar-refractivity contribution in [3.8, 4) is 11.8 Å². The van der Waals surface area contributed by atoms with Crippen LogP contribution in [-0.2, 0) is 0 Å². The van der Waals surface area contributed by atoms with E-state index in [0.717, 1.165) is 17.0 Å². The number of hydrogen-bond acceptors (Lipinski definition) is 4. The summed E-state index contributed by atoms with van der Waals surface area (Å²) in [5.41, 5.74) is 8.82. The van der Waals surface area contributed by atoms with Crippen LogP contribution in [0.3, 0.4) is 0 Å². The Bertz CT molecular complexity index is 661. The molecule has 19 heavy (non-hydrogen) atoms. The van der Waals surface area contributed by atoms with Crippen LogP contribution in [0.5, 0.6) is 5.75 Å². The predicted molar refractivity (Wildman–Crippen MR) is 73.9 cm³/mol. The van der Waals surface area contributed by atoms with Crippen molar-refractivity contribution in [3.63, 3.8) is 0 Å². The van der Waals surface area contributed by atoms with Crippen molar-refractivity contribution in [2.24, 2.45) is 0 Å². The number of nitriles is 1. The minimum absolute atomic E-state index is 0.114. The Morgan fingerprint density at radius 1 is 1.26 bits per heavy atom. The zero-order chi connectivity index (χ0) is 13.2. The summed E-state index contributed by atoms with van der Waals surface area (Å²) in [6.45, 7) is 0.596. The SMILES string of the molecule is N#Cc1ccc(NC2COc3ccccc32)cc1N. The lowest BCUT2D eigenvalue weighted by molar-refractivity contribution is 0.340. The lowest BCUT2D eigenvalue weighted by Gasteiger charge is -2.13. The quantitative estimate of drug-likeness (QED) is 0.805. The lowest BCUT2D eigenvalue weighted by atomic mass is 10.1. The van der Waals surface area contributed by atoms with Gasteiger partial charge in [0.1, 0.15) is 18.4 Å². The smallest absolute Gasteiger partial charge is 0.124 e. The Kier molecular flexibility index (Phi) is 2.73. The first-order chi connectivity index (χ1) is 9.28. The normalized spacial score (nSPS) is 16.3. The number of nitrogens with one attached hydrogen (secondary N) is 1. The van der Waals surface area contributed by atoms with Gasteiger partial charge in [0.05, 0.1) is 17.3 Å². The largest absolute Gasteiger partial charge is 0.491 e. The summed E-state index contributed by atoms with van der Waals surface area (Å²) < 4.78 is 5.61. The maximum Gasteiger partial charge on any atom is 0.124 e. The summed E-state index contributed by atoms with van der Waals surface area (Å²) in [5.74, 6) is 0.918. The van der Waals surface area contributed by atoms with Crippen LogP contribution < -0.4 is 15.8 Å². The highest BCUT2D eigenvalue weighted by Gasteiger charge is 2.23. The summed E-state index contributed by atoms with van der Waals surface area (Å²) in [6, 6.07) is 15.5. The van der Waals surface area contributed by atoms with Crippen LogP contribution in [0.4, 0.5) is 11.4 Å². The average molecular weight is 251 g/mol. The van der Waals surface area contributed by atoms with Crippen LogP contribution in [0.15, 0.2) is 42.5 Å². The minimum Gasteiger partial charge on any atom is -0.491 e. The fourth-order valence-electron chi connectivity index (χ4n) is 2.24. The number of para-hydroxylation sites is 1. The number of ether oxygens (including phenoxy) is 1. The third-order valence-electron chi connectivity index (χ3n) is 3.21. The molecule has 4 nitrogen and oxygen atoms in total. The average Bonchev–Trinajstić information content (AvgIpc) is 2.83. The summed E-state index contributed by atoms with van der Waals surface area (Å²) in [7, 11) is 0. The number of hydrogen-bond donors (Lipinski definition) is 2. The maximum atomic E-state index is 8.85. The van der Waals surface area contributed by atoms with Gasteiger partial charge in [-0.05, 0) is 24.3 Å². The van der Waals surface area contributed by atoms with Crippen molar-refractivity contribution in [2.75, 3.05) is 17.7 Å². The van der Waals surface area contributed by atoms with Crippen molar-refractivity contribution in [3.05, 3.63) is 53.6 Å². The minimum atomic E-state index is 0.114. The van der Waals surface area contributed by atoms with E-state index >= 15 is 0 Å². The number of nitrogen functional groups attached to an aromatic ring is 1. The van der Waals surface area contributed by atoms with Crippen molar-refractivity contribution >= 4 is 11.4 Å². The van der Waals surface area contributed by atoms with E-state index in [0.29, 0.717) is 17.9 Å². The Morgan fingerprint density at radius 2 is 2.11 bits per heavy atom. The Hall–Kier alpha value is -2.67. The third-order valence-corrected chi connectivity index (χ3v) is 3.21. The molecule has 4 heteroatoms. The van der Waals surface area contributed by atoms with Crippen LogP contribution in [0, 0.1) is 11.3 Å². The second kappa shape index (κ2) is 4.54. The van der Waals surface area contributed by atoms with Crippen LogP contribution in [-0.4, -0.2) is 6.61 Å². The number of rotatable bonds is 2. The predicted octanol–water partition coefficient (Wildman–Crippen LogP) is 2.69. The molecule has 0 aromatic heterocycles. The summed E-state index contributed by atoms with van der Waals surface area (Å²) >= 11 is 0. The van der Waals surface area contributed by atoms with E-state index in [1.54, 1.807) is 12.1 Å². The fraction of sp³-hybridized carbons (Fsp3) is 0.133. The van der Waals surface area contributed by atoms with Crippen LogP contribution in [0.25, 0.3) is 0 Å². The second-order valence-electron chi connectivity index (χ2n) is 4.46. The molecule has 0 saturated carbocycles. The van der Waals surface area contributed by atoms with Gasteiger partial charge in [0.2, 0.25) is 0 Å². The Labute approximate surface area is 111 Å². The molecule has 2 aromatic carbocycles. The molecule has 2 aromatic rings. The van der Waals surface area contributed by atoms with Gasteiger partial charge in [-0.2, -0.15) is 5.26 Å². The number of nitrogens with two attached hydrogens (primary N) is 1.